The minimum absolute atomic E-state index is 0.0102. The average Bonchev–Trinajstić information content (AvgIpc) is 2.81. The molecule has 1 aromatic carbocycles. The van der Waals surface area contributed by atoms with Crippen LogP contribution in [0.4, 0.5) is 10.2 Å². The van der Waals surface area contributed by atoms with Crippen LogP contribution in [0.2, 0.25) is 0 Å². The van der Waals surface area contributed by atoms with Crippen molar-refractivity contribution in [1.82, 2.24) is 9.97 Å². The summed E-state index contributed by atoms with van der Waals surface area (Å²) in [6.45, 7) is 0. The normalized spacial score (nSPS) is 18.6. The van der Waals surface area contributed by atoms with E-state index < -0.39 is 6.08 Å². The summed E-state index contributed by atoms with van der Waals surface area (Å²) in [6.07, 6.45) is 2.52. The maximum Gasteiger partial charge on any atom is 0.310 e. The quantitative estimate of drug-likeness (QED) is 0.805. The summed E-state index contributed by atoms with van der Waals surface area (Å²) in [7, 11) is 0. The van der Waals surface area contributed by atoms with Crippen LogP contribution in [0, 0.1) is 6.08 Å². The number of aromatic nitrogens is 2. The highest BCUT2D eigenvalue weighted by atomic mass is 19.1. The first-order valence-corrected chi connectivity index (χ1v) is 6.58. The van der Waals surface area contributed by atoms with E-state index in [1.54, 1.807) is 11.0 Å². The third-order valence-corrected chi connectivity index (χ3v) is 3.50. The van der Waals surface area contributed by atoms with E-state index in [0.29, 0.717) is 12.2 Å². The lowest BCUT2D eigenvalue weighted by atomic mass is 10.0. The number of benzene rings is 1. The zero-order valence-corrected chi connectivity index (χ0v) is 10.9. The summed E-state index contributed by atoms with van der Waals surface area (Å²) in [6, 6.07) is 11.6. The van der Waals surface area contributed by atoms with Gasteiger partial charge in [0.1, 0.15) is 5.82 Å². The fraction of sp³-hybridized carbons (Fsp3) is 0.267. The molecule has 3 rings (SSSR count). The number of nitrogens with zero attached hydrogens (tertiary/aromatic N) is 3. The van der Waals surface area contributed by atoms with Crippen molar-refractivity contribution >= 4 is 11.7 Å². The molecule has 0 radical (unpaired) electrons. The molecule has 2 heterocycles. The molecule has 102 valence electrons. The van der Waals surface area contributed by atoms with Crippen LogP contribution >= 0.6 is 0 Å². The number of rotatable bonds is 3. The van der Waals surface area contributed by atoms with Gasteiger partial charge in [-0.05, 0) is 24.5 Å². The molecule has 1 aliphatic rings. The number of hydrogen-bond donors (Lipinski definition) is 0. The fourth-order valence-corrected chi connectivity index (χ4v) is 2.60. The lowest BCUT2D eigenvalue weighted by molar-refractivity contribution is -0.117. The Labute approximate surface area is 116 Å². The van der Waals surface area contributed by atoms with Gasteiger partial charge in [-0.3, -0.25) is 9.69 Å². The van der Waals surface area contributed by atoms with E-state index in [9.17, 15) is 9.18 Å². The van der Waals surface area contributed by atoms with Crippen molar-refractivity contribution in [2.24, 2.45) is 0 Å². The number of hydrogen-bond acceptors (Lipinski definition) is 3. The van der Waals surface area contributed by atoms with Crippen molar-refractivity contribution < 1.29 is 9.18 Å². The Hall–Kier alpha value is -2.30. The molecule has 0 aliphatic carbocycles. The molecule has 4 nitrogen and oxygen atoms in total. The van der Waals surface area contributed by atoms with Gasteiger partial charge in [-0.25, -0.2) is 4.98 Å². The van der Waals surface area contributed by atoms with Crippen molar-refractivity contribution in [3.63, 3.8) is 0 Å². The monoisotopic (exact) mass is 271 g/mol. The first-order valence-electron chi connectivity index (χ1n) is 6.58. The lowest BCUT2D eigenvalue weighted by Crippen LogP contribution is -2.35. The molecule has 1 fully saturated rings. The molecule has 0 spiro atoms. The minimum Gasteiger partial charge on any atom is -0.293 e. The first kappa shape index (κ1) is 12.7. The molecule has 1 amide bonds. The van der Waals surface area contributed by atoms with Crippen molar-refractivity contribution in [3.05, 3.63) is 54.2 Å². The van der Waals surface area contributed by atoms with Gasteiger partial charge < -0.3 is 0 Å². The van der Waals surface area contributed by atoms with Crippen LogP contribution < -0.4 is 4.90 Å². The van der Waals surface area contributed by atoms with Gasteiger partial charge in [-0.15, -0.1) is 0 Å². The summed E-state index contributed by atoms with van der Waals surface area (Å²) in [4.78, 5) is 20.8. The van der Waals surface area contributed by atoms with Crippen LogP contribution in [-0.4, -0.2) is 21.9 Å². The molecule has 1 unspecified atom stereocenters. The zero-order valence-electron chi connectivity index (χ0n) is 10.9. The molecule has 1 aromatic heterocycles. The standard InChI is InChI=1S/C15H14FN3O/c16-15-17-9-8-13(18-15)19-12(6-7-14(19)20)10-11-4-2-1-3-5-11/h1-5,8-9,12H,6-7,10H2. The topological polar surface area (TPSA) is 46.1 Å². The summed E-state index contributed by atoms with van der Waals surface area (Å²) in [5, 5.41) is 0. The van der Waals surface area contributed by atoms with Gasteiger partial charge >= 0.3 is 6.08 Å². The van der Waals surface area contributed by atoms with Crippen molar-refractivity contribution in [2.75, 3.05) is 4.90 Å². The van der Waals surface area contributed by atoms with Gasteiger partial charge in [-0.1, -0.05) is 30.3 Å². The van der Waals surface area contributed by atoms with Crippen molar-refractivity contribution in [3.8, 4) is 0 Å². The van der Waals surface area contributed by atoms with E-state index in [-0.39, 0.29) is 11.9 Å². The van der Waals surface area contributed by atoms with E-state index >= 15 is 0 Å². The highest BCUT2D eigenvalue weighted by Crippen LogP contribution is 2.27. The van der Waals surface area contributed by atoms with E-state index in [2.05, 4.69) is 9.97 Å². The van der Waals surface area contributed by atoms with E-state index in [4.69, 9.17) is 0 Å². The Kier molecular flexibility index (Phi) is 3.41. The largest absolute Gasteiger partial charge is 0.310 e. The van der Waals surface area contributed by atoms with Gasteiger partial charge in [0, 0.05) is 18.7 Å². The third-order valence-electron chi connectivity index (χ3n) is 3.50. The smallest absolute Gasteiger partial charge is 0.293 e. The predicted octanol–water partition coefficient (Wildman–Crippen LogP) is 2.35. The molecule has 0 bridgehead atoms. The van der Waals surface area contributed by atoms with Crippen molar-refractivity contribution in [1.29, 1.82) is 0 Å². The van der Waals surface area contributed by atoms with E-state index in [0.717, 1.165) is 18.4 Å². The second kappa shape index (κ2) is 5.36. The van der Waals surface area contributed by atoms with Crippen LogP contribution in [0.3, 0.4) is 0 Å². The summed E-state index contributed by atoms with van der Waals surface area (Å²) >= 11 is 0. The van der Waals surface area contributed by atoms with Crippen molar-refractivity contribution in [2.45, 2.75) is 25.3 Å². The Morgan fingerprint density at radius 2 is 2.05 bits per heavy atom. The molecular formula is C15H14FN3O. The van der Waals surface area contributed by atoms with Gasteiger partial charge in [0.25, 0.3) is 0 Å². The molecule has 5 heteroatoms. The van der Waals surface area contributed by atoms with Crippen LogP contribution in [0.25, 0.3) is 0 Å². The Morgan fingerprint density at radius 3 is 2.80 bits per heavy atom. The molecule has 1 saturated heterocycles. The maximum absolute atomic E-state index is 13.1. The number of halogens is 1. The molecular weight excluding hydrogens is 257 g/mol. The number of carbonyl (C=O) groups is 1. The first-order chi connectivity index (χ1) is 9.74. The van der Waals surface area contributed by atoms with Gasteiger partial charge in [-0.2, -0.15) is 9.37 Å². The predicted molar refractivity (Wildman–Crippen MR) is 72.6 cm³/mol. The Morgan fingerprint density at radius 1 is 1.25 bits per heavy atom. The van der Waals surface area contributed by atoms with Gasteiger partial charge in [0.15, 0.2) is 0 Å². The van der Waals surface area contributed by atoms with E-state index in [1.165, 1.54) is 6.20 Å². The Bertz CT molecular complexity index is 618. The average molecular weight is 271 g/mol. The molecule has 0 saturated carbocycles. The summed E-state index contributed by atoms with van der Waals surface area (Å²) < 4.78 is 13.1. The molecule has 1 aliphatic heterocycles. The minimum atomic E-state index is -0.805. The molecule has 20 heavy (non-hydrogen) atoms. The zero-order chi connectivity index (χ0) is 13.9. The maximum atomic E-state index is 13.1. The summed E-state index contributed by atoms with van der Waals surface area (Å²) in [5.74, 6) is 0.338. The van der Waals surface area contributed by atoms with E-state index in [1.807, 2.05) is 30.3 Å². The van der Waals surface area contributed by atoms with Crippen LogP contribution in [-0.2, 0) is 11.2 Å². The second-order valence-electron chi connectivity index (χ2n) is 4.83. The highest BCUT2D eigenvalue weighted by molar-refractivity contribution is 5.95. The van der Waals surface area contributed by atoms with Crippen LogP contribution in [0.15, 0.2) is 42.6 Å². The number of carbonyl (C=O) groups excluding carboxylic acids is 1. The SMILES string of the molecule is O=C1CCC(Cc2ccccc2)N1c1ccnc(F)n1. The molecule has 2 aromatic rings. The lowest BCUT2D eigenvalue weighted by Gasteiger charge is -2.23. The highest BCUT2D eigenvalue weighted by Gasteiger charge is 2.33. The van der Waals surface area contributed by atoms with Crippen LogP contribution in [0.5, 0.6) is 0 Å². The number of anilines is 1. The Balaban J connectivity index is 1.85. The third kappa shape index (κ3) is 2.52. The molecule has 0 N–H and O–H groups in total. The summed E-state index contributed by atoms with van der Waals surface area (Å²) in [5.41, 5.74) is 1.16. The fourth-order valence-electron chi connectivity index (χ4n) is 2.60. The van der Waals surface area contributed by atoms with Gasteiger partial charge in [0.2, 0.25) is 5.91 Å². The number of amides is 1. The van der Waals surface area contributed by atoms with Gasteiger partial charge in [0.05, 0.1) is 0 Å². The van der Waals surface area contributed by atoms with Crippen LogP contribution in [0.1, 0.15) is 18.4 Å². The second-order valence-corrected chi connectivity index (χ2v) is 4.83. The molecule has 1 atom stereocenters.